The van der Waals surface area contributed by atoms with E-state index >= 15 is 0 Å². The van der Waals surface area contributed by atoms with E-state index in [1.54, 1.807) is 0 Å². The molecule has 0 saturated carbocycles. The second-order valence-corrected chi connectivity index (χ2v) is 5.32. The molecule has 96 valence electrons. The van der Waals surface area contributed by atoms with Gasteiger partial charge in [0.15, 0.2) is 0 Å². The SMILES string of the molecule is CNCC1CCCN(CCSC(F)(F)F)C1. The lowest BCUT2D eigenvalue weighted by Gasteiger charge is -2.32. The smallest absolute Gasteiger partial charge is 0.319 e. The summed E-state index contributed by atoms with van der Waals surface area (Å²) in [6.45, 7) is 3.38. The van der Waals surface area contributed by atoms with Crippen LogP contribution in [0.25, 0.3) is 0 Å². The largest absolute Gasteiger partial charge is 0.441 e. The summed E-state index contributed by atoms with van der Waals surface area (Å²) < 4.78 is 35.8. The zero-order valence-corrected chi connectivity index (χ0v) is 10.3. The van der Waals surface area contributed by atoms with Gasteiger partial charge in [-0.15, -0.1) is 0 Å². The van der Waals surface area contributed by atoms with Gasteiger partial charge < -0.3 is 10.2 Å². The molecule has 1 saturated heterocycles. The molecule has 1 heterocycles. The monoisotopic (exact) mass is 256 g/mol. The molecule has 1 fully saturated rings. The Morgan fingerprint density at radius 1 is 1.44 bits per heavy atom. The highest BCUT2D eigenvalue weighted by molar-refractivity contribution is 8.00. The van der Waals surface area contributed by atoms with E-state index in [0.717, 1.165) is 26.1 Å². The van der Waals surface area contributed by atoms with Gasteiger partial charge in [-0.05, 0) is 50.7 Å². The van der Waals surface area contributed by atoms with Gasteiger partial charge in [0.2, 0.25) is 0 Å². The van der Waals surface area contributed by atoms with Gasteiger partial charge in [0.25, 0.3) is 0 Å². The molecule has 1 unspecified atom stereocenters. The summed E-state index contributed by atoms with van der Waals surface area (Å²) >= 11 is 0.0845. The van der Waals surface area contributed by atoms with Gasteiger partial charge in [-0.2, -0.15) is 13.2 Å². The van der Waals surface area contributed by atoms with Gasteiger partial charge >= 0.3 is 5.51 Å². The van der Waals surface area contributed by atoms with Gasteiger partial charge in [-0.25, -0.2) is 0 Å². The summed E-state index contributed by atoms with van der Waals surface area (Å²) in [6.07, 6.45) is 2.28. The van der Waals surface area contributed by atoms with Crippen LogP contribution in [-0.4, -0.2) is 49.4 Å². The highest BCUT2D eigenvalue weighted by atomic mass is 32.2. The predicted molar refractivity (Wildman–Crippen MR) is 61.6 cm³/mol. The number of piperidine rings is 1. The molecule has 1 N–H and O–H groups in total. The van der Waals surface area contributed by atoms with Crippen molar-refractivity contribution in [1.82, 2.24) is 10.2 Å². The number of halogens is 3. The van der Waals surface area contributed by atoms with Crippen molar-refractivity contribution < 1.29 is 13.2 Å². The number of likely N-dealkylation sites (tertiary alicyclic amines) is 1. The Morgan fingerprint density at radius 2 is 2.19 bits per heavy atom. The van der Waals surface area contributed by atoms with Crippen LogP contribution in [-0.2, 0) is 0 Å². The summed E-state index contributed by atoms with van der Waals surface area (Å²) in [4.78, 5) is 2.14. The maximum Gasteiger partial charge on any atom is 0.441 e. The second-order valence-electron chi connectivity index (χ2n) is 4.16. The van der Waals surface area contributed by atoms with Crippen LogP contribution in [0.2, 0.25) is 0 Å². The van der Waals surface area contributed by atoms with E-state index in [-0.39, 0.29) is 17.5 Å². The third-order valence-electron chi connectivity index (χ3n) is 2.77. The molecule has 1 aliphatic heterocycles. The van der Waals surface area contributed by atoms with Crippen molar-refractivity contribution >= 4 is 11.8 Å². The van der Waals surface area contributed by atoms with Crippen LogP contribution in [0, 0.1) is 5.92 Å². The number of alkyl halides is 3. The Bertz CT molecular complexity index is 197. The number of hydrogen-bond donors (Lipinski definition) is 1. The number of hydrogen-bond acceptors (Lipinski definition) is 3. The Balaban J connectivity index is 2.16. The minimum Gasteiger partial charge on any atom is -0.319 e. The normalized spacial score (nSPS) is 23.6. The number of thioether (sulfide) groups is 1. The molecule has 0 aromatic heterocycles. The van der Waals surface area contributed by atoms with Crippen LogP contribution in [0.15, 0.2) is 0 Å². The fourth-order valence-electron chi connectivity index (χ4n) is 2.10. The lowest BCUT2D eigenvalue weighted by atomic mass is 9.98. The van der Waals surface area contributed by atoms with E-state index in [9.17, 15) is 13.2 Å². The van der Waals surface area contributed by atoms with E-state index in [1.807, 2.05) is 7.05 Å². The fourth-order valence-corrected chi connectivity index (χ4v) is 2.68. The Morgan fingerprint density at radius 3 is 2.81 bits per heavy atom. The first-order chi connectivity index (χ1) is 7.51. The zero-order valence-electron chi connectivity index (χ0n) is 9.52. The molecule has 0 amide bonds. The molecule has 0 bridgehead atoms. The summed E-state index contributed by atoms with van der Waals surface area (Å²) in [5, 5.41) is 3.13. The van der Waals surface area contributed by atoms with E-state index in [1.165, 1.54) is 6.42 Å². The van der Waals surface area contributed by atoms with Crippen molar-refractivity contribution in [1.29, 1.82) is 0 Å². The van der Waals surface area contributed by atoms with Crippen molar-refractivity contribution in [3.63, 3.8) is 0 Å². The van der Waals surface area contributed by atoms with Crippen molar-refractivity contribution in [2.45, 2.75) is 18.3 Å². The quantitative estimate of drug-likeness (QED) is 0.811. The van der Waals surface area contributed by atoms with E-state index in [4.69, 9.17) is 0 Å². The van der Waals surface area contributed by atoms with Crippen LogP contribution in [0.4, 0.5) is 13.2 Å². The molecule has 1 atom stereocenters. The zero-order chi connectivity index (χ0) is 12.0. The molecule has 0 aromatic rings. The van der Waals surface area contributed by atoms with Crippen LogP contribution >= 0.6 is 11.8 Å². The second kappa shape index (κ2) is 6.71. The molecular weight excluding hydrogens is 237 g/mol. The lowest BCUT2D eigenvalue weighted by Crippen LogP contribution is -2.40. The van der Waals surface area contributed by atoms with Gasteiger partial charge in [-0.1, -0.05) is 0 Å². The van der Waals surface area contributed by atoms with Crippen LogP contribution in [0.3, 0.4) is 0 Å². The number of nitrogens with zero attached hydrogens (tertiary/aromatic N) is 1. The van der Waals surface area contributed by atoms with Crippen LogP contribution < -0.4 is 5.32 Å². The van der Waals surface area contributed by atoms with E-state index in [0.29, 0.717) is 12.5 Å². The summed E-state index contributed by atoms with van der Waals surface area (Å²) in [6, 6.07) is 0. The number of rotatable bonds is 5. The van der Waals surface area contributed by atoms with Crippen molar-refractivity contribution in [3.05, 3.63) is 0 Å². The molecule has 0 radical (unpaired) electrons. The average molecular weight is 256 g/mol. The molecule has 6 heteroatoms. The lowest BCUT2D eigenvalue weighted by molar-refractivity contribution is -0.0329. The summed E-state index contributed by atoms with van der Waals surface area (Å²) in [5.74, 6) is 0.741. The first-order valence-corrected chi connectivity index (χ1v) is 6.57. The van der Waals surface area contributed by atoms with Crippen LogP contribution in [0.1, 0.15) is 12.8 Å². The topological polar surface area (TPSA) is 15.3 Å². The Labute approximate surface area is 98.9 Å². The van der Waals surface area contributed by atoms with Crippen LogP contribution in [0.5, 0.6) is 0 Å². The minimum absolute atomic E-state index is 0.0845. The fraction of sp³-hybridized carbons (Fsp3) is 1.00. The Kier molecular flexibility index (Phi) is 5.92. The average Bonchev–Trinajstić information content (AvgIpc) is 2.17. The summed E-state index contributed by atoms with van der Waals surface area (Å²) in [5.41, 5.74) is -4.08. The standard InChI is InChI=1S/C10H19F3N2S/c1-14-7-9-3-2-4-15(8-9)5-6-16-10(11,12)13/h9,14H,2-8H2,1H3. The predicted octanol–water partition coefficient (Wildman–Crippen LogP) is 2.17. The maximum absolute atomic E-state index is 11.9. The van der Waals surface area contributed by atoms with Gasteiger partial charge in [-0.3, -0.25) is 0 Å². The van der Waals surface area contributed by atoms with Gasteiger partial charge in [0.05, 0.1) is 0 Å². The molecule has 1 aliphatic rings. The molecule has 0 aromatic carbocycles. The van der Waals surface area contributed by atoms with E-state index < -0.39 is 5.51 Å². The molecule has 0 aliphatic carbocycles. The number of nitrogens with one attached hydrogen (secondary N) is 1. The maximum atomic E-state index is 11.9. The van der Waals surface area contributed by atoms with Gasteiger partial charge in [0.1, 0.15) is 0 Å². The third kappa shape index (κ3) is 5.96. The molecule has 16 heavy (non-hydrogen) atoms. The van der Waals surface area contributed by atoms with Crippen molar-refractivity contribution in [2.24, 2.45) is 5.92 Å². The van der Waals surface area contributed by atoms with Gasteiger partial charge in [0, 0.05) is 18.8 Å². The molecule has 2 nitrogen and oxygen atoms in total. The minimum atomic E-state index is -4.08. The molecule has 1 rings (SSSR count). The van der Waals surface area contributed by atoms with Crippen molar-refractivity contribution in [3.8, 4) is 0 Å². The highest BCUT2D eigenvalue weighted by Crippen LogP contribution is 2.30. The third-order valence-corrected chi connectivity index (χ3v) is 3.48. The molecule has 0 spiro atoms. The highest BCUT2D eigenvalue weighted by Gasteiger charge is 2.28. The van der Waals surface area contributed by atoms with Crippen molar-refractivity contribution in [2.75, 3.05) is 39.0 Å². The summed E-state index contributed by atoms with van der Waals surface area (Å²) in [7, 11) is 1.92. The Hall–Kier alpha value is 0.0600. The first-order valence-electron chi connectivity index (χ1n) is 5.59. The molecular formula is C10H19F3N2S. The first kappa shape index (κ1) is 14.1. The van der Waals surface area contributed by atoms with E-state index in [2.05, 4.69) is 10.2 Å².